The van der Waals surface area contributed by atoms with Crippen LogP contribution in [0, 0.1) is 0 Å². The van der Waals surface area contributed by atoms with E-state index in [0.717, 1.165) is 34.3 Å². The molecule has 0 bridgehead atoms. The van der Waals surface area contributed by atoms with E-state index < -0.39 is 0 Å². The van der Waals surface area contributed by atoms with Crippen LogP contribution < -0.4 is 10.2 Å². The molecule has 4 rings (SSSR count). The summed E-state index contributed by atoms with van der Waals surface area (Å²) in [6.07, 6.45) is 1.59. The maximum atomic E-state index is 9.18. The second kappa shape index (κ2) is 8.37. The molecule has 0 fully saturated rings. The number of aliphatic hydroxyl groups is 1. The van der Waals surface area contributed by atoms with Crippen molar-refractivity contribution in [1.29, 1.82) is 0 Å². The summed E-state index contributed by atoms with van der Waals surface area (Å²) in [6.45, 7) is 3.72. The fourth-order valence-electron chi connectivity index (χ4n) is 3.16. The lowest BCUT2D eigenvalue weighted by Crippen LogP contribution is -2.25. The summed E-state index contributed by atoms with van der Waals surface area (Å²) in [5, 5.41) is 13.8. The third kappa shape index (κ3) is 3.98. The van der Waals surface area contributed by atoms with Crippen molar-refractivity contribution in [2.75, 3.05) is 29.9 Å². The molecule has 6 heteroatoms. The lowest BCUT2D eigenvalue weighted by molar-refractivity contribution is 0.302. The zero-order valence-electron chi connectivity index (χ0n) is 15.7. The van der Waals surface area contributed by atoms with Gasteiger partial charge in [0, 0.05) is 35.2 Å². The summed E-state index contributed by atoms with van der Waals surface area (Å²) in [7, 11) is 0. The molecule has 0 spiro atoms. The van der Waals surface area contributed by atoms with Crippen LogP contribution in [0.4, 0.5) is 17.2 Å². The molecule has 28 heavy (non-hydrogen) atoms. The van der Waals surface area contributed by atoms with Gasteiger partial charge in [0.05, 0.1) is 17.2 Å². The molecule has 2 aromatic carbocycles. The number of hydrogen-bond acceptors (Lipinski definition) is 6. The molecule has 2 heterocycles. The fourth-order valence-corrected chi connectivity index (χ4v) is 4.19. The Morgan fingerprint density at radius 1 is 1.04 bits per heavy atom. The first kappa shape index (κ1) is 18.4. The van der Waals surface area contributed by atoms with Gasteiger partial charge in [-0.15, -0.1) is 11.3 Å². The molecule has 0 aliphatic carbocycles. The molecule has 2 aromatic heterocycles. The highest BCUT2D eigenvalue weighted by Gasteiger charge is 2.08. The molecule has 5 nitrogen and oxygen atoms in total. The Hall–Kier alpha value is -2.96. The summed E-state index contributed by atoms with van der Waals surface area (Å²) < 4.78 is 1.25. The first-order chi connectivity index (χ1) is 13.8. The molecular weight excluding hydrogens is 368 g/mol. The lowest BCUT2D eigenvalue weighted by Gasteiger charge is -2.22. The number of thiophene rings is 1. The van der Waals surface area contributed by atoms with Crippen LogP contribution >= 0.6 is 11.3 Å². The third-order valence-electron chi connectivity index (χ3n) is 4.60. The van der Waals surface area contributed by atoms with E-state index in [4.69, 9.17) is 0 Å². The fraction of sp³-hybridized carbons (Fsp3) is 0.182. The average molecular weight is 391 g/mol. The number of aliphatic hydroxyl groups excluding tert-OH is 1. The van der Waals surface area contributed by atoms with Crippen molar-refractivity contribution in [3.63, 3.8) is 0 Å². The van der Waals surface area contributed by atoms with Crippen molar-refractivity contribution in [3.8, 4) is 10.6 Å². The highest BCUT2D eigenvalue weighted by Crippen LogP contribution is 2.33. The Morgan fingerprint density at radius 3 is 2.61 bits per heavy atom. The van der Waals surface area contributed by atoms with Crippen LogP contribution in [0.25, 0.3) is 20.7 Å². The Labute approximate surface area is 168 Å². The van der Waals surface area contributed by atoms with Crippen LogP contribution in [-0.2, 0) is 0 Å². The van der Waals surface area contributed by atoms with E-state index in [0.29, 0.717) is 6.54 Å². The normalized spacial score (nSPS) is 10.9. The van der Waals surface area contributed by atoms with E-state index in [1.165, 1.54) is 10.1 Å². The topological polar surface area (TPSA) is 61.3 Å². The highest BCUT2D eigenvalue weighted by molar-refractivity contribution is 7.22. The van der Waals surface area contributed by atoms with E-state index in [1.54, 1.807) is 17.7 Å². The van der Waals surface area contributed by atoms with E-state index in [9.17, 15) is 5.11 Å². The number of nitrogens with one attached hydrogen (secondary N) is 1. The van der Waals surface area contributed by atoms with E-state index in [2.05, 4.69) is 69.6 Å². The number of nitrogens with zero attached hydrogens (tertiary/aromatic N) is 3. The van der Waals surface area contributed by atoms with Gasteiger partial charge in [0.2, 0.25) is 0 Å². The first-order valence-corrected chi connectivity index (χ1v) is 10.1. The van der Waals surface area contributed by atoms with Gasteiger partial charge in [0.15, 0.2) is 0 Å². The molecule has 0 saturated carbocycles. The van der Waals surface area contributed by atoms with Crippen molar-refractivity contribution in [3.05, 3.63) is 67.0 Å². The number of anilines is 3. The summed E-state index contributed by atoms with van der Waals surface area (Å²) in [5.74, 6) is 0.762. The molecule has 4 aromatic rings. The predicted molar refractivity (Wildman–Crippen MR) is 118 cm³/mol. The van der Waals surface area contributed by atoms with Crippen molar-refractivity contribution in [2.24, 2.45) is 0 Å². The lowest BCUT2D eigenvalue weighted by atomic mass is 10.2. The Morgan fingerprint density at radius 2 is 1.86 bits per heavy atom. The number of likely N-dealkylation sites (N-methyl/N-ethyl adjacent to an activating group) is 1. The standard InChI is InChI=1S/C22H22N4OS/c1-2-26(11-12-27)18-9-7-17(8-10-18)25-22-14-19(23-15-24-22)21-13-16-5-3-4-6-20(16)28-21/h3-10,13-15,27H,2,11-12H2,1H3,(H,23,24,25). The van der Waals surface area contributed by atoms with Gasteiger partial charge in [0.1, 0.15) is 12.1 Å². The predicted octanol–water partition coefficient (Wildman–Crippen LogP) is 4.92. The summed E-state index contributed by atoms with van der Waals surface area (Å²) in [4.78, 5) is 12.1. The van der Waals surface area contributed by atoms with Crippen LogP contribution in [0.3, 0.4) is 0 Å². The molecule has 142 valence electrons. The molecule has 2 N–H and O–H groups in total. The van der Waals surface area contributed by atoms with Gasteiger partial charge >= 0.3 is 0 Å². The molecule has 0 radical (unpaired) electrons. The van der Waals surface area contributed by atoms with Gasteiger partial charge in [-0.1, -0.05) is 18.2 Å². The molecule has 0 aliphatic heterocycles. The van der Waals surface area contributed by atoms with Crippen LogP contribution in [0.2, 0.25) is 0 Å². The minimum absolute atomic E-state index is 0.148. The molecular formula is C22H22N4OS. The Kier molecular flexibility index (Phi) is 5.50. The van der Waals surface area contributed by atoms with Gasteiger partial charge in [-0.25, -0.2) is 9.97 Å². The zero-order chi connectivity index (χ0) is 19.3. The summed E-state index contributed by atoms with van der Waals surface area (Å²) in [5.41, 5.74) is 2.97. The number of rotatable bonds is 7. The average Bonchev–Trinajstić information content (AvgIpc) is 3.17. The zero-order valence-corrected chi connectivity index (χ0v) is 16.5. The molecule has 0 saturated heterocycles. The second-order valence-corrected chi connectivity index (χ2v) is 7.50. The molecule has 0 amide bonds. The number of hydrogen-bond donors (Lipinski definition) is 2. The Balaban J connectivity index is 1.53. The molecule has 0 atom stereocenters. The van der Waals surface area contributed by atoms with Crippen LogP contribution in [-0.4, -0.2) is 34.8 Å². The summed E-state index contributed by atoms with van der Waals surface area (Å²) >= 11 is 1.73. The number of benzene rings is 2. The Bertz CT molecular complexity index is 1030. The highest BCUT2D eigenvalue weighted by atomic mass is 32.1. The van der Waals surface area contributed by atoms with Gasteiger partial charge in [0.25, 0.3) is 0 Å². The van der Waals surface area contributed by atoms with Gasteiger partial charge in [-0.2, -0.15) is 0 Å². The quantitative estimate of drug-likeness (QED) is 0.469. The number of fused-ring (bicyclic) bond motifs is 1. The minimum Gasteiger partial charge on any atom is -0.395 e. The molecule has 0 unspecified atom stereocenters. The van der Waals surface area contributed by atoms with Crippen molar-refractivity contribution in [1.82, 2.24) is 9.97 Å². The van der Waals surface area contributed by atoms with Crippen LogP contribution in [0.5, 0.6) is 0 Å². The third-order valence-corrected chi connectivity index (χ3v) is 5.74. The van der Waals surface area contributed by atoms with Crippen molar-refractivity contribution < 1.29 is 5.11 Å². The van der Waals surface area contributed by atoms with Crippen LogP contribution in [0.1, 0.15) is 6.92 Å². The monoisotopic (exact) mass is 390 g/mol. The van der Waals surface area contributed by atoms with Crippen LogP contribution in [0.15, 0.2) is 67.0 Å². The maximum Gasteiger partial charge on any atom is 0.134 e. The van der Waals surface area contributed by atoms with E-state index in [-0.39, 0.29) is 6.61 Å². The summed E-state index contributed by atoms with van der Waals surface area (Å²) in [6, 6.07) is 20.6. The SMILES string of the molecule is CCN(CCO)c1ccc(Nc2cc(-c3cc4ccccc4s3)ncn2)cc1. The van der Waals surface area contributed by atoms with Gasteiger partial charge in [-0.05, 0) is 48.7 Å². The van der Waals surface area contributed by atoms with E-state index in [1.807, 2.05) is 18.2 Å². The first-order valence-electron chi connectivity index (χ1n) is 9.30. The smallest absolute Gasteiger partial charge is 0.134 e. The van der Waals surface area contributed by atoms with Gasteiger partial charge < -0.3 is 15.3 Å². The van der Waals surface area contributed by atoms with Gasteiger partial charge in [-0.3, -0.25) is 0 Å². The minimum atomic E-state index is 0.148. The second-order valence-electron chi connectivity index (χ2n) is 6.41. The van der Waals surface area contributed by atoms with Crippen molar-refractivity contribution >= 4 is 38.6 Å². The van der Waals surface area contributed by atoms with Crippen molar-refractivity contribution in [2.45, 2.75) is 6.92 Å². The maximum absolute atomic E-state index is 9.18. The molecule has 0 aliphatic rings. The largest absolute Gasteiger partial charge is 0.395 e. The van der Waals surface area contributed by atoms with E-state index >= 15 is 0 Å². The number of aromatic nitrogens is 2.